The van der Waals surface area contributed by atoms with Crippen LogP contribution in [0, 0.1) is 17.8 Å². The molecular formula is C13H18OSi. The van der Waals surface area contributed by atoms with Crippen molar-refractivity contribution in [1.82, 2.24) is 0 Å². The Morgan fingerprint density at radius 2 is 2.07 bits per heavy atom. The third-order valence-corrected chi connectivity index (χ3v) is 7.95. The fourth-order valence-electron chi connectivity index (χ4n) is 3.96. The number of fused-ring (bicyclic) bond motifs is 5. The number of carbonyl (C=O) groups excluding carboxylic acids is 1. The van der Waals surface area contributed by atoms with Crippen molar-refractivity contribution in [3.8, 4) is 0 Å². The molecule has 1 nitrogen and oxygen atoms in total. The summed E-state index contributed by atoms with van der Waals surface area (Å²) in [5, 5.41) is -0.0602. The number of ketones is 1. The SMILES string of the molecule is C[Si](C)(C)[C@]12C=C[C@H](C1=O)[C@@H]1CC=C[C@@H]12. The normalized spacial score (nSPS) is 46.6. The molecule has 0 aromatic rings. The Bertz CT molecular complexity index is 388. The minimum absolute atomic E-state index is 0.0602. The standard InChI is InChI=1S/C13H18OSi/c1-15(2,3)13-8-7-10(12(13)14)9-5-4-6-11(9)13/h4,6-11H,5H2,1-3H3/t9-,10-,11-,13-/m0/s1. The Hall–Kier alpha value is -0.633. The molecular weight excluding hydrogens is 200 g/mol. The molecule has 2 heteroatoms. The van der Waals surface area contributed by atoms with Crippen LogP contribution in [0.4, 0.5) is 0 Å². The van der Waals surface area contributed by atoms with Crippen LogP contribution in [0.25, 0.3) is 0 Å². The Balaban J connectivity index is 2.18. The molecule has 1 fully saturated rings. The average molecular weight is 218 g/mol. The maximum atomic E-state index is 12.5. The summed E-state index contributed by atoms with van der Waals surface area (Å²) in [4.78, 5) is 12.5. The van der Waals surface area contributed by atoms with Crippen molar-refractivity contribution in [2.45, 2.75) is 31.1 Å². The number of hydrogen-bond acceptors (Lipinski definition) is 1. The maximum absolute atomic E-state index is 12.5. The van der Waals surface area contributed by atoms with Gasteiger partial charge < -0.3 is 0 Å². The van der Waals surface area contributed by atoms with Gasteiger partial charge in [-0.05, 0) is 18.3 Å². The molecule has 80 valence electrons. The quantitative estimate of drug-likeness (QED) is 0.488. The van der Waals surface area contributed by atoms with Gasteiger partial charge in [0.2, 0.25) is 0 Å². The largest absolute Gasteiger partial charge is 0.298 e. The van der Waals surface area contributed by atoms with E-state index in [1.165, 1.54) is 0 Å². The minimum atomic E-state index is -1.47. The predicted molar refractivity (Wildman–Crippen MR) is 64.4 cm³/mol. The van der Waals surface area contributed by atoms with Gasteiger partial charge in [0.15, 0.2) is 0 Å². The molecule has 0 saturated heterocycles. The lowest BCUT2D eigenvalue weighted by Crippen LogP contribution is -2.44. The first-order valence-electron chi connectivity index (χ1n) is 5.89. The van der Waals surface area contributed by atoms with Crippen molar-refractivity contribution in [2.24, 2.45) is 17.8 Å². The van der Waals surface area contributed by atoms with Crippen LogP contribution in [0.1, 0.15) is 6.42 Å². The zero-order chi connectivity index (χ0) is 10.8. The van der Waals surface area contributed by atoms with Gasteiger partial charge in [-0.25, -0.2) is 0 Å². The van der Waals surface area contributed by atoms with Crippen molar-refractivity contribution < 1.29 is 4.79 Å². The molecule has 0 aliphatic heterocycles. The Morgan fingerprint density at radius 1 is 1.33 bits per heavy atom. The lowest BCUT2D eigenvalue weighted by atomic mass is 9.85. The highest BCUT2D eigenvalue weighted by Gasteiger charge is 2.65. The van der Waals surface area contributed by atoms with E-state index in [0.29, 0.717) is 17.6 Å². The first-order valence-corrected chi connectivity index (χ1v) is 9.39. The monoisotopic (exact) mass is 218 g/mol. The number of hydrogen-bond donors (Lipinski definition) is 0. The number of Topliss-reactive ketones (excluding diaryl/α,β-unsaturated/α-hetero) is 1. The van der Waals surface area contributed by atoms with Crippen LogP contribution in [-0.4, -0.2) is 13.9 Å². The van der Waals surface area contributed by atoms with Gasteiger partial charge in [-0.3, -0.25) is 4.79 Å². The van der Waals surface area contributed by atoms with Crippen molar-refractivity contribution in [3.05, 3.63) is 24.3 Å². The maximum Gasteiger partial charge on any atom is 0.147 e. The molecule has 0 aromatic carbocycles. The Morgan fingerprint density at radius 3 is 2.73 bits per heavy atom. The Labute approximate surface area is 92.3 Å². The molecule has 3 rings (SSSR count). The molecule has 0 spiro atoms. The average Bonchev–Trinajstić information content (AvgIpc) is 2.74. The van der Waals surface area contributed by atoms with Crippen molar-refractivity contribution in [1.29, 1.82) is 0 Å². The van der Waals surface area contributed by atoms with E-state index >= 15 is 0 Å². The smallest absolute Gasteiger partial charge is 0.147 e. The van der Waals surface area contributed by atoms with Crippen molar-refractivity contribution >= 4 is 13.9 Å². The molecule has 0 unspecified atom stereocenters. The highest BCUT2D eigenvalue weighted by Crippen LogP contribution is 2.66. The van der Waals surface area contributed by atoms with Crippen molar-refractivity contribution in [2.75, 3.05) is 0 Å². The van der Waals surface area contributed by atoms with E-state index in [0.717, 1.165) is 6.42 Å². The lowest BCUT2D eigenvalue weighted by Gasteiger charge is -2.40. The first kappa shape index (κ1) is 9.58. The Kier molecular flexibility index (Phi) is 1.62. The molecule has 1 saturated carbocycles. The van der Waals surface area contributed by atoms with Gasteiger partial charge in [-0.1, -0.05) is 43.9 Å². The predicted octanol–water partition coefficient (Wildman–Crippen LogP) is 3.03. The summed E-state index contributed by atoms with van der Waals surface area (Å²) in [5.74, 6) is 1.93. The molecule has 3 aliphatic rings. The number of carbonyl (C=O) groups is 1. The summed E-state index contributed by atoms with van der Waals surface area (Å²) in [6, 6.07) is 0. The van der Waals surface area contributed by atoms with Crippen LogP contribution in [0.2, 0.25) is 24.7 Å². The van der Waals surface area contributed by atoms with E-state index in [4.69, 9.17) is 0 Å². The minimum Gasteiger partial charge on any atom is -0.298 e. The molecule has 4 atom stereocenters. The topological polar surface area (TPSA) is 17.1 Å². The second kappa shape index (κ2) is 2.54. The van der Waals surface area contributed by atoms with Gasteiger partial charge in [0.1, 0.15) is 5.78 Å². The second-order valence-electron chi connectivity index (χ2n) is 6.22. The van der Waals surface area contributed by atoms with Crippen LogP contribution < -0.4 is 0 Å². The molecule has 15 heavy (non-hydrogen) atoms. The van der Waals surface area contributed by atoms with Gasteiger partial charge in [0.05, 0.1) is 8.07 Å². The molecule has 0 aromatic heterocycles. The van der Waals surface area contributed by atoms with Crippen LogP contribution in [-0.2, 0) is 4.79 Å². The first-order chi connectivity index (χ1) is 6.98. The molecule has 0 amide bonds. The zero-order valence-corrected chi connectivity index (χ0v) is 10.7. The van der Waals surface area contributed by atoms with E-state index in [1.54, 1.807) is 0 Å². The van der Waals surface area contributed by atoms with Crippen LogP contribution in [0.15, 0.2) is 24.3 Å². The lowest BCUT2D eigenvalue weighted by molar-refractivity contribution is -0.120. The number of rotatable bonds is 1. The molecule has 2 bridgehead atoms. The highest BCUT2D eigenvalue weighted by molar-refractivity contribution is 6.83. The van der Waals surface area contributed by atoms with Crippen molar-refractivity contribution in [3.63, 3.8) is 0 Å². The highest BCUT2D eigenvalue weighted by atomic mass is 28.3. The third kappa shape index (κ3) is 0.877. The van der Waals surface area contributed by atoms with Gasteiger partial charge in [-0.2, -0.15) is 0 Å². The fourth-order valence-corrected chi connectivity index (χ4v) is 6.78. The molecule has 3 aliphatic carbocycles. The van der Waals surface area contributed by atoms with E-state index in [1.807, 2.05) is 0 Å². The second-order valence-corrected chi connectivity index (χ2v) is 11.5. The van der Waals surface area contributed by atoms with Gasteiger partial charge in [-0.15, -0.1) is 0 Å². The van der Waals surface area contributed by atoms with Gasteiger partial charge in [0, 0.05) is 11.0 Å². The molecule has 0 heterocycles. The van der Waals surface area contributed by atoms with E-state index in [-0.39, 0.29) is 11.0 Å². The van der Waals surface area contributed by atoms with E-state index < -0.39 is 8.07 Å². The summed E-state index contributed by atoms with van der Waals surface area (Å²) in [6.45, 7) is 7.02. The van der Waals surface area contributed by atoms with Crippen LogP contribution in [0.3, 0.4) is 0 Å². The summed E-state index contributed by atoms with van der Waals surface area (Å²) in [5.41, 5.74) is 0. The summed E-state index contributed by atoms with van der Waals surface area (Å²) in [6.07, 6.45) is 10.2. The van der Waals surface area contributed by atoms with E-state index in [2.05, 4.69) is 43.9 Å². The molecule has 0 N–H and O–H groups in total. The summed E-state index contributed by atoms with van der Waals surface area (Å²) >= 11 is 0. The summed E-state index contributed by atoms with van der Waals surface area (Å²) < 4.78 is 0. The third-order valence-electron chi connectivity index (χ3n) is 4.72. The fraction of sp³-hybridized carbons (Fsp3) is 0.615. The van der Waals surface area contributed by atoms with E-state index in [9.17, 15) is 4.79 Å². The van der Waals surface area contributed by atoms with Crippen LogP contribution in [0.5, 0.6) is 0 Å². The van der Waals surface area contributed by atoms with Gasteiger partial charge >= 0.3 is 0 Å². The number of allylic oxidation sites excluding steroid dienone is 4. The van der Waals surface area contributed by atoms with Gasteiger partial charge in [0.25, 0.3) is 0 Å². The zero-order valence-electron chi connectivity index (χ0n) is 9.66. The summed E-state index contributed by atoms with van der Waals surface area (Å²) in [7, 11) is -1.47. The van der Waals surface area contributed by atoms with Crippen LogP contribution >= 0.6 is 0 Å². The molecule has 0 radical (unpaired) electrons.